The molecule has 6 nitrogen and oxygen atoms in total. The van der Waals surface area contributed by atoms with Crippen molar-refractivity contribution >= 4 is 5.91 Å². The van der Waals surface area contributed by atoms with Gasteiger partial charge in [-0.05, 0) is 30.5 Å². The van der Waals surface area contributed by atoms with Gasteiger partial charge in [-0.15, -0.1) is 0 Å². The summed E-state index contributed by atoms with van der Waals surface area (Å²) < 4.78 is 5.37. The molecule has 0 radical (unpaired) electrons. The Morgan fingerprint density at radius 3 is 2.62 bits per heavy atom. The van der Waals surface area contributed by atoms with E-state index in [9.17, 15) is 9.90 Å². The number of nitrogens with two attached hydrogens (primary N) is 1. The Morgan fingerprint density at radius 1 is 1.19 bits per heavy atom. The summed E-state index contributed by atoms with van der Waals surface area (Å²) in [5.41, 5.74) is 7.33. The molecule has 6 heteroatoms. The van der Waals surface area contributed by atoms with E-state index in [4.69, 9.17) is 10.2 Å². The lowest BCUT2D eigenvalue weighted by Gasteiger charge is -2.07. The number of unbranched alkanes of at least 4 members (excludes halogenated alkanes) is 5. The van der Waals surface area contributed by atoms with Crippen molar-refractivity contribution < 1.29 is 14.3 Å². The molecule has 1 atom stereocenters. The van der Waals surface area contributed by atoms with Crippen molar-refractivity contribution in [2.45, 2.75) is 57.9 Å². The van der Waals surface area contributed by atoms with Crippen molar-refractivity contribution in [3.05, 3.63) is 47.7 Å². The van der Waals surface area contributed by atoms with Crippen LogP contribution in [0.2, 0.25) is 0 Å². The molecule has 2 aromatic rings. The second kappa shape index (κ2) is 10.6. The molecular formula is C20H29N3O3. The summed E-state index contributed by atoms with van der Waals surface area (Å²) in [5, 5.41) is 12.2. The Labute approximate surface area is 154 Å². The average Bonchev–Trinajstić information content (AvgIpc) is 3.13. The zero-order valence-corrected chi connectivity index (χ0v) is 15.4. The van der Waals surface area contributed by atoms with E-state index in [1.165, 1.54) is 31.9 Å². The van der Waals surface area contributed by atoms with Crippen molar-refractivity contribution in [2.75, 3.05) is 6.54 Å². The Hall–Kier alpha value is -2.34. The summed E-state index contributed by atoms with van der Waals surface area (Å²) in [6.45, 7) is 2.84. The van der Waals surface area contributed by atoms with Gasteiger partial charge in [0.25, 0.3) is 5.91 Å². The van der Waals surface area contributed by atoms with E-state index < -0.39 is 6.04 Å². The van der Waals surface area contributed by atoms with Gasteiger partial charge in [-0.1, -0.05) is 51.2 Å². The molecule has 2 rings (SSSR count). The van der Waals surface area contributed by atoms with Crippen LogP contribution < -0.4 is 11.1 Å². The second-order valence-electron chi connectivity index (χ2n) is 6.57. The molecule has 26 heavy (non-hydrogen) atoms. The lowest BCUT2D eigenvalue weighted by Crippen LogP contribution is -2.25. The first-order chi connectivity index (χ1) is 12.6. The second-order valence-corrected chi connectivity index (χ2v) is 6.57. The first-order valence-corrected chi connectivity index (χ1v) is 9.37. The SMILES string of the molecule is CCCCCCCCNC(=O)c1coc(C(N)Cc2ccc(O)cc2)n1. The van der Waals surface area contributed by atoms with Gasteiger partial charge in [0.2, 0.25) is 5.89 Å². The fourth-order valence-electron chi connectivity index (χ4n) is 2.73. The minimum absolute atomic E-state index is 0.211. The number of nitrogens with one attached hydrogen (secondary N) is 1. The topological polar surface area (TPSA) is 101 Å². The van der Waals surface area contributed by atoms with Gasteiger partial charge in [-0.25, -0.2) is 4.98 Å². The van der Waals surface area contributed by atoms with Gasteiger partial charge < -0.3 is 20.6 Å². The van der Waals surface area contributed by atoms with Gasteiger partial charge in [0.1, 0.15) is 12.0 Å². The Kier molecular flexibility index (Phi) is 8.15. The lowest BCUT2D eigenvalue weighted by atomic mass is 10.1. The number of carbonyl (C=O) groups is 1. The van der Waals surface area contributed by atoms with Crippen LogP contribution in [-0.2, 0) is 6.42 Å². The monoisotopic (exact) mass is 359 g/mol. The molecule has 1 aromatic carbocycles. The molecule has 0 saturated heterocycles. The predicted molar refractivity (Wildman–Crippen MR) is 101 cm³/mol. The van der Waals surface area contributed by atoms with Gasteiger partial charge >= 0.3 is 0 Å². The number of hydrogen-bond donors (Lipinski definition) is 3. The standard InChI is InChI=1S/C20H29N3O3/c1-2-3-4-5-6-7-12-22-19(25)18-14-26-20(23-18)17(21)13-15-8-10-16(24)11-9-15/h8-11,14,17,24H,2-7,12-13,21H2,1H3,(H,22,25). The maximum absolute atomic E-state index is 12.1. The molecule has 0 fully saturated rings. The third kappa shape index (κ3) is 6.52. The summed E-state index contributed by atoms with van der Waals surface area (Å²) in [7, 11) is 0. The van der Waals surface area contributed by atoms with Crippen molar-refractivity contribution in [3.63, 3.8) is 0 Å². The quantitative estimate of drug-likeness (QED) is 0.531. The fourth-order valence-corrected chi connectivity index (χ4v) is 2.73. The van der Waals surface area contributed by atoms with Crippen molar-refractivity contribution in [1.29, 1.82) is 0 Å². The number of phenols is 1. The van der Waals surface area contributed by atoms with Crippen LogP contribution in [0.3, 0.4) is 0 Å². The number of oxazole rings is 1. The molecule has 0 aliphatic rings. The van der Waals surface area contributed by atoms with Crippen LogP contribution in [0.1, 0.15) is 73.4 Å². The maximum atomic E-state index is 12.1. The number of rotatable bonds is 11. The predicted octanol–water partition coefficient (Wildman–Crippen LogP) is 3.71. The van der Waals surface area contributed by atoms with Crippen LogP contribution in [0.4, 0.5) is 0 Å². The van der Waals surface area contributed by atoms with Crippen LogP contribution in [0.5, 0.6) is 5.75 Å². The Morgan fingerprint density at radius 2 is 1.88 bits per heavy atom. The zero-order valence-electron chi connectivity index (χ0n) is 15.4. The molecule has 0 saturated carbocycles. The van der Waals surface area contributed by atoms with E-state index in [2.05, 4.69) is 17.2 Å². The van der Waals surface area contributed by atoms with Crippen molar-refractivity contribution in [3.8, 4) is 5.75 Å². The van der Waals surface area contributed by atoms with Gasteiger partial charge in [0.15, 0.2) is 5.69 Å². The first kappa shape index (κ1) is 20.0. The van der Waals surface area contributed by atoms with Gasteiger partial charge in [-0.2, -0.15) is 0 Å². The lowest BCUT2D eigenvalue weighted by molar-refractivity contribution is 0.0948. The molecule has 1 aromatic heterocycles. The summed E-state index contributed by atoms with van der Waals surface area (Å²) in [6.07, 6.45) is 8.95. The molecule has 0 bridgehead atoms. The Bertz CT molecular complexity index is 667. The number of benzene rings is 1. The highest BCUT2D eigenvalue weighted by Crippen LogP contribution is 2.18. The molecule has 4 N–H and O–H groups in total. The fraction of sp³-hybridized carbons (Fsp3) is 0.500. The smallest absolute Gasteiger partial charge is 0.273 e. The van der Waals surface area contributed by atoms with Crippen LogP contribution in [0.25, 0.3) is 0 Å². The van der Waals surface area contributed by atoms with Gasteiger partial charge in [-0.3, -0.25) is 4.79 Å². The number of hydrogen-bond acceptors (Lipinski definition) is 5. The van der Waals surface area contributed by atoms with E-state index >= 15 is 0 Å². The minimum atomic E-state index is -0.445. The Balaban J connectivity index is 1.75. The summed E-state index contributed by atoms with van der Waals surface area (Å²) in [5.74, 6) is 0.316. The number of phenolic OH excluding ortho intramolecular Hbond substituents is 1. The molecule has 0 aliphatic carbocycles. The highest BCUT2D eigenvalue weighted by atomic mass is 16.3. The number of amides is 1. The summed E-state index contributed by atoms with van der Waals surface area (Å²) >= 11 is 0. The molecular weight excluding hydrogens is 330 g/mol. The third-order valence-corrected chi connectivity index (χ3v) is 4.28. The highest BCUT2D eigenvalue weighted by Gasteiger charge is 2.17. The molecule has 1 amide bonds. The highest BCUT2D eigenvalue weighted by molar-refractivity contribution is 5.91. The van der Waals surface area contributed by atoms with E-state index in [0.717, 1.165) is 18.4 Å². The average molecular weight is 359 g/mol. The van der Waals surface area contributed by atoms with Crippen LogP contribution in [0.15, 0.2) is 34.9 Å². The molecule has 0 aliphatic heterocycles. The van der Waals surface area contributed by atoms with E-state index in [0.29, 0.717) is 18.9 Å². The van der Waals surface area contributed by atoms with Crippen LogP contribution in [-0.4, -0.2) is 22.5 Å². The maximum Gasteiger partial charge on any atom is 0.273 e. The normalized spacial score (nSPS) is 12.1. The molecule has 1 heterocycles. The van der Waals surface area contributed by atoms with Gasteiger partial charge in [0.05, 0.1) is 6.04 Å². The van der Waals surface area contributed by atoms with E-state index in [-0.39, 0.29) is 17.4 Å². The third-order valence-electron chi connectivity index (χ3n) is 4.28. The molecule has 0 spiro atoms. The largest absolute Gasteiger partial charge is 0.508 e. The van der Waals surface area contributed by atoms with Gasteiger partial charge in [0, 0.05) is 6.54 Å². The minimum Gasteiger partial charge on any atom is -0.508 e. The number of nitrogens with zero attached hydrogens (tertiary/aromatic N) is 1. The van der Waals surface area contributed by atoms with Crippen molar-refractivity contribution in [2.24, 2.45) is 5.73 Å². The van der Waals surface area contributed by atoms with E-state index in [1.807, 2.05) is 0 Å². The number of aromatic nitrogens is 1. The number of carbonyl (C=O) groups excluding carboxylic acids is 1. The summed E-state index contributed by atoms with van der Waals surface area (Å²) in [6, 6.07) is 6.37. The first-order valence-electron chi connectivity index (χ1n) is 9.37. The zero-order chi connectivity index (χ0) is 18.8. The molecule has 142 valence electrons. The van der Waals surface area contributed by atoms with Crippen LogP contribution >= 0.6 is 0 Å². The van der Waals surface area contributed by atoms with Crippen LogP contribution in [0, 0.1) is 0 Å². The molecule has 1 unspecified atom stereocenters. The number of aromatic hydroxyl groups is 1. The van der Waals surface area contributed by atoms with Crippen molar-refractivity contribution in [1.82, 2.24) is 10.3 Å². The summed E-state index contributed by atoms with van der Waals surface area (Å²) in [4.78, 5) is 16.3. The van der Waals surface area contributed by atoms with E-state index in [1.54, 1.807) is 24.3 Å².